The third kappa shape index (κ3) is 29.3. The number of ketones is 6. The molecule has 4 aromatic rings. The molecule has 4 N–H and O–H groups in total. The van der Waals surface area contributed by atoms with E-state index >= 15 is 0 Å². The molecule has 0 fully saturated rings. The fraction of sp³-hybridized carbons (Fsp3) is 0.382. The highest BCUT2D eigenvalue weighted by atomic mass is 16.6. The van der Waals surface area contributed by atoms with Crippen LogP contribution < -0.4 is 10.6 Å². The molecule has 0 bridgehead atoms. The molecule has 0 radical (unpaired) electrons. The SMILES string of the molecule is C.CCC(=O)CC(O)c1ccc(C(=O)CC)cc1.CCC(=O)c1ccc(C(O)C(C(=O)NC)[N+](=O)[O-])cc1.CCC(=O)c1ccc(C=O)cc1.CCC(=O)c1ccc(C=O)cc1.CCC(C)=O.CNC(=O)C[N+](=O)[O-]. The topological polar surface area (TPSA) is 321 Å². The predicted molar refractivity (Wildman–Crippen MR) is 283 cm³/mol. The Bertz CT molecular complexity index is 2390. The van der Waals surface area contributed by atoms with Gasteiger partial charge in [-0.2, -0.15) is 0 Å². The van der Waals surface area contributed by atoms with Gasteiger partial charge in [-0.05, 0) is 18.1 Å². The van der Waals surface area contributed by atoms with Crippen molar-refractivity contribution in [3.05, 3.63) is 162 Å². The fourth-order valence-electron chi connectivity index (χ4n) is 5.43. The van der Waals surface area contributed by atoms with E-state index in [2.05, 4.69) is 10.6 Å². The molecular formula is C55H72N4O16. The third-order valence-corrected chi connectivity index (χ3v) is 10.1. The second-order valence-electron chi connectivity index (χ2n) is 15.5. The van der Waals surface area contributed by atoms with E-state index < -0.39 is 46.5 Å². The van der Waals surface area contributed by atoms with Crippen LogP contribution in [-0.2, 0) is 19.2 Å². The zero-order valence-corrected chi connectivity index (χ0v) is 43.3. The molecule has 0 aliphatic carbocycles. The largest absolute Gasteiger partial charge is 0.388 e. The molecule has 0 aliphatic heterocycles. The first kappa shape index (κ1) is 71.2. The van der Waals surface area contributed by atoms with Crippen LogP contribution in [0, 0.1) is 20.2 Å². The maximum absolute atomic E-state index is 11.5. The van der Waals surface area contributed by atoms with Crippen LogP contribution in [0.2, 0.25) is 0 Å². The van der Waals surface area contributed by atoms with Crippen molar-refractivity contribution in [3.8, 4) is 0 Å². The highest BCUT2D eigenvalue weighted by Crippen LogP contribution is 2.21. The maximum atomic E-state index is 11.5. The molecule has 3 unspecified atom stereocenters. The van der Waals surface area contributed by atoms with Crippen molar-refractivity contribution in [3.63, 3.8) is 0 Å². The number of carbonyl (C=O) groups excluding carboxylic acids is 10. The zero-order valence-electron chi connectivity index (χ0n) is 43.3. The van der Waals surface area contributed by atoms with E-state index in [1.807, 2.05) is 27.7 Å². The number of aliphatic hydroxyl groups is 2. The first-order valence-electron chi connectivity index (χ1n) is 23.5. The molecule has 0 aromatic heterocycles. The molecule has 20 nitrogen and oxygen atoms in total. The van der Waals surface area contributed by atoms with Gasteiger partial charge in [0.05, 0.1) is 6.10 Å². The third-order valence-electron chi connectivity index (χ3n) is 10.1. The number of nitrogens with one attached hydrogen (secondary N) is 2. The van der Waals surface area contributed by atoms with Gasteiger partial charge in [0, 0.05) is 102 Å². The van der Waals surface area contributed by atoms with E-state index in [1.54, 1.807) is 93.6 Å². The number of aliphatic hydroxyl groups excluding tert-OH is 2. The summed E-state index contributed by atoms with van der Waals surface area (Å²) in [5.41, 5.74) is 4.53. The summed E-state index contributed by atoms with van der Waals surface area (Å²) in [6.07, 6.45) is 2.24. The molecule has 0 aliphatic rings. The molecule has 3 atom stereocenters. The summed E-state index contributed by atoms with van der Waals surface area (Å²) in [5.74, 6) is -0.943. The first-order chi connectivity index (χ1) is 35.0. The molecular weight excluding hydrogens is 973 g/mol. The van der Waals surface area contributed by atoms with Crippen LogP contribution in [0.15, 0.2) is 97.1 Å². The average molecular weight is 1050 g/mol. The minimum Gasteiger partial charge on any atom is -0.388 e. The Balaban J connectivity index is -0.000000864. The van der Waals surface area contributed by atoms with Gasteiger partial charge in [0.1, 0.15) is 24.1 Å². The molecule has 2 amide bonds. The number of hydrogen-bond acceptors (Lipinski definition) is 16. The minimum absolute atomic E-state index is 0. The summed E-state index contributed by atoms with van der Waals surface area (Å²) in [4.78, 5) is 127. The van der Waals surface area contributed by atoms with Crippen LogP contribution in [0.1, 0.15) is 186 Å². The van der Waals surface area contributed by atoms with Crippen LogP contribution in [0.5, 0.6) is 0 Å². The summed E-state index contributed by atoms with van der Waals surface area (Å²) in [7, 11) is 2.61. The van der Waals surface area contributed by atoms with Gasteiger partial charge in [0.15, 0.2) is 29.2 Å². The summed E-state index contributed by atoms with van der Waals surface area (Å²) in [6, 6.07) is 24.1. The highest BCUT2D eigenvalue weighted by molar-refractivity contribution is 5.98. The lowest BCUT2D eigenvalue weighted by molar-refractivity contribution is -0.520. The summed E-state index contributed by atoms with van der Waals surface area (Å²) < 4.78 is 0. The maximum Gasteiger partial charge on any atom is 0.319 e. The number of nitro groups is 2. The molecule has 20 heteroatoms. The number of carbonyl (C=O) groups is 10. The standard InChI is InChI=1S/C14H18O3.C13H16N2O5.2C10H10O2.C4H8O.C3H6N2O3.CH4/c1-3-12(15)9-14(17)11-7-5-10(6-8-11)13(16)4-2;1-3-10(16)8-4-6-9(7-5-8)12(17)11(15(19)20)13(18)14-2;2*1-2-10(12)9-5-3-8(7-11)4-6-9;1-3-4(2)5;1-4-3(6)2-5(7)8;/h5-8,14,17H,3-4,9H2,1-2H3;4-7,11-12,17H,3H2,1-2H3,(H,14,18);2*3-7H,2H2,1H3;3H2,1-2H3;2H2,1H3,(H,4,6);1H4. The average Bonchev–Trinajstić information content (AvgIpc) is 3.42. The second-order valence-corrected chi connectivity index (χ2v) is 15.5. The van der Waals surface area contributed by atoms with Crippen molar-refractivity contribution in [1.82, 2.24) is 10.6 Å². The van der Waals surface area contributed by atoms with Crippen molar-refractivity contribution < 1.29 is 68.0 Å². The summed E-state index contributed by atoms with van der Waals surface area (Å²) in [6.45, 7) is 11.7. The van der Waals surface area contributed by atoms with Gasteiger partial charge in [-0.25, -0.2) is 0 Å². The number of likely N-dealkylation sites (N-methyl/N-ethyl adjacent to an activating group) is 2. The van der Waals surface area contributed by atoms with E-state index in [0.29, 0.717) is 77.5 Å². The van der Waals surface area contributed by atoms with E-state index in [0.717, 1.165) is 12.6 Å². The number of aldehydes is 2. The zero-order chi connectivity index (χ0) is 56.9. The molecule has 408 valence electrons. The Kier molecular flexibility index (Phi) is 38.3. The number of Topliss-reactive ketones (excluding diaryl/α,β-unsaturated/α-hetero) is 6. The number of hydrogen-bond donors (Lipinski definition) is 4. The van der Waals surface area contributed by atoms with Crippen LogP contribution in [0.3, 0.4) is 0 Å². The van der Waals surface area contributed by atoms with Crippen molar-refractivity contribution >= 4 is 59.1 Å². The monoisotopic (exact) mass is 1040 g/mol. The Labute approximate surface area is 438 Å². The number of amides is 2. The van der Waals surface area contributed by atoms with E-state index in [9.17, 15) is 78.4 Å². The molecule has 0 saturated heterocycles. The lowest BCUT2D eigenvalue weighted by atomic mass is 9.99. The highest BCUT2D eigenvalue weighted by Gasteiger charge is 2.38. The molecule has 0 heterocycles. The second kappa shape index (κ2) is 40.4. The van der Waals surface area contributed by atoms with Crippen LogP contribution in [0.25, 0.3) is 0 Å². The lowest BCUT2D eigenvalue weighted by Crippen LogP contribution is -2.42. The molecule has 0 spiro atoms. The predicted octanol–water partition coefficient (Wildman–Crippen LogP) is 8.20. The van der Waals surface area contributed by atoms with E-state index in [-0.39, 0.29) is 54.1 Å². The Hall–Kier alpha value is -8.10. The quantitative estimate of drug-likeness (QED) is 0.0264. The van der Waals surface area contributed by atoms with Crippen LogP contribution >= 0.6 is 0 Å². The normalized spacial score (nSPS) is 10.7. The van der Waals surface area contributed by atoms with Gasteiger partial charge in [-0.1, -0.05) is 146 Å². The van der Waals surface area contributed by atoms with Gasteiger partial charge in [0.25, 0.3) is 18.4 Å². The first-order valence-corrected chi connectivity index (χ1v) is 23.5. The van der Waals surface area contributed by atoms with Gasteiger partial charge in [0.2, 0.25) is 0 Å². The van der Waals surface area contributed by atoms with Crippen LogP contribution in [-0.4, -0.2) is 106 Å². The van der Waals surface area contributed by atoms with Gasteiger partial charge in [-0.15, -0.1) is 0 Å². The summed E-state index contributed by atoms with van der Waals surface area (Å²) in [5, 5.41) is 44.4. The Morgan fingerprint density at radius 2 is 0.853 bits per heavy atom. The lowest BCUT2D eigenvalue weighted by Gasteiger charge is -2.15. The molecule has 0 saturated carbocycles. The van der Waals surface area contributed by atoms with Gasteiger partial charge in [-0.3, -0.25) is 63.4 Å². The van der Waals surface area contributed by atoms with E-state index in [4.69, 9.17) is 0 Å². The van der Waals surface area contributed by atoms with Gasteiger partial charge < -0.3 is 25.6 Å². The smallest absolute Gasteiger partial charge is 0.319 e. The van der Waals surface area contributed by atoms with Crippen molar-refractivity contribution in [2.24, 2.45) is 0 Å². The van der Waals surface area contributed by atoms with Crippen molar-refractivity contribution in [1.29, 1.82) is 0 Å². The van der Waals surface area contributed by atoms with Gasteiger partial charge >= 0.3 is 6.04 Å². The molecule has 4 aromatic carbocycles. The number of nitrogens with zero attached hydrogens (tertiary/aromatic N) is 2. The molecule has 4 rings (SSSR count). The fourth-order valence-corrected chi connectivity index (χ4v) is 5.43. The Morgan fingerprint density at radius 1 is 0.533 bits per heavy atom. The minimum atomic E-state index is -1.78. The number of rotatable bonds is 21. The van der Waals surface area contributed by atoms with Crippen molar-refractivity contribution in [2.75, 3.05) is 20.6 Å². The van der Waals surface area contributed by atoms with E-state index in [1.165, 1.54) is 38.4 Å². The van der Waals surface area contributed by atoms with Crippen LogP contribution in [0.4, 0.5) is 0 Å². The van der Waals surface area contributed by atoms with Crippen molar-refractivity contribution in [2.45, 2.75) is 119 Å². The molecule has 75 heavy (non-hydrogen) atoms. The number of benzene rings is 4. The summed E-state index contributed by atoms with van der Waals surface area (Å²) >= 11 is 0. The Morgan fingerprint density at radius 3 is 1.08 bits per heavy atom.